The topological polar surface area (TPSA) is 52.3 Å². The van der Waals surface area contributed by atoms with E-state index in [0.717, 1.165) is 30.4 Å². The number of aryl methyl sites for hydroxylation is 2. The van der Waals surface area contributed by atoms with Crippen molar-refractivity contribution in [3.8, 4) is 11.1 Å². The molecule has 0 aliphatic heterocycles. The lowest BCUT2D eigenvalue weighted by Gasteiger charge is -2.11. The van der Waals surface area contributed by atoms with Crippen LogP contribution in [-0.4, -0.2) is 12.1 Å². The number of hydrogen-bond acceptors (Lipinski definition) is 4. The Bertz CT molecular complexity index is 688. The van der Waals surface area contributed by atoms with Crippen molar-refractivity contribution >= 4 is 22.3 Å². The Hall–Kier alpha value is -1.81. The molecular formula is C17H19NO2S. The van der Waals surface area contributed by atoms with Crippen molar-refractivity contribution < 1.29 is 9.53 Å². The molecule has 0 saturated heterocycles. The number of esters is 1. The highest BCUT2D eigenvalue weighted by molar-refractivity contribution is 7.17. The van der Waals surface area contributed by atoms with Gasteiger partial charge in [-0.15, -0.1) is 11.3 Å². The number of hydrogen-bond donors (Lipinski definition) is 1. The van der Waals surface area contributed by atoms with Gasteiger partial charge < -0.3 is 10.5 Å². The molecule has 0 atom stereocenters. The minimum absolute atomic E-state index is 0.145. The zero-order chi connectivity index (χ0) is 15.0. The van der Waals surface area contributed by atoms with Gasteiger partial charge in [0.2, 0.25) is 0 Å². The van der Waals surface area contributed by atoms with Crippen molar-refractivity contribution in [3.63, 3.8) is 0 Å². The van der Waals surface area contributed by atoms with Crippen LogP contribution in [0.5, 0.6) is 0 Å². The van der Waals surface area contributed by atoms with Crippen molar-refractivity contribution in [3.05, 3.63) is 40.3 Å². The Morgan fingerprint density at radius 3 is 2.81 bits per heavy atom. The molecule has 0 unspecified atom stereocenters. The van der Waals surface area contributed by atoms with Crippen LogP contribution in [0.3, 0.4) is 0 Å². The lowest BCUT2D eigenvalue weighted by molar-refractivity contribution is 0.0380. The molecule has 0 spiro atoms. The van der Waals surface area contributed by atoms with E-state index < -0.39 is 0 Å². The van der Waals surface area contributed by atoms with Crippen molar-refractivity contribution in [1.82, 2.24) is 0 Å². The van der Waals surface area contributed by atoms with Gasteiger partial charge in [-0.2, -0.15) is 0 Å². The number of thiophene rings is 1. The molecule has 1 aliphatic carbocycles. The maximum atomic E-state index is 12.4. The molecule has 1 aromatic heterocycles. The lowest BCUT2D eigenvalue weighted by Crippen LogP contribution is -2.13. The van der Waals surface area contributed by atoms with Crippen LogP contribution in [0.25, 0.3) is 11.1 Å². The lowest BCUT2D eigenvalue weighted by atomic mass is 9.97. The molecular weight excluding hydrogens is 282 g/mol. The molecule has 21 heavy (non-hydrogen) atoms. The van der Waals surface area contributed by atoms with E-state index in [2.05, 4.69) is 12.1 Å². The second kappa shape index (κ2) is 5.53. The Kier molecular flexibility index (Phi) is 3.72. The standard InChI is InChI=1S/C17H19NO2S/c1-10(2)20-17(19)15-14-12-8-4-3-6-11(12)7-5-9-13(14)21-16(15)18/h3-4,6,8,10H,5,7,9,18H2,1-2H3. The maximum absolute atomic E-state index is 12.4. The van der Waals surface area contributed by atoms with E-state index in [4.69, 9.17) is 10.5 Å². The summed E-state index contributed by atoms with van der Waals surface area (Å²) in [5, 5.41) is 0.572. The average molecular weight is 301 g/mol. The largest absolute Gasteiger partial charge is 0.459 e. The monoisotopic (exact) mass is 301 g/mol. The summed E-state index contributed by atoms with van der Waals surface area (Å²) >= 11 is 1.53. The number of nitrogens with two attached hydrogens (primary N) is 1. The van der Waals surface area contributed by atoms with Crippen LogP contribution in [-0.2, 0) is 17.6 Å². The third-order valence-corrected chi connectivity index (χ3v) is 4.77. The Morgan fingerprint density at radius 2 is 2.05 bits per heavy atom. The summed E-state index contributed by atoms with van der Waals surface area (Å²) in [6.45, 7) is 3.71. The van der Waals surface area contributed by atoms with Gasteiger partial charge in [0.1, 0.15) is 10.6 Å². The van der Waals surface area contributed by atoms with Crippen molar-refractivity contribution in [2.45, 2.75) is 39.2 Å². The zero-order valence-electron chi connectivity index (χ0n) is 12.3. The van der Waals surface area contributed by atoms with Gasteiger partial charge in [0.15, 0.2) is 0 Å². The minimum Gasteiger partial charge on any atom is -0.459 e. The van der Waals surface area contributed by atoms with Gasteiger partial charge >= 0.3 is 5.97 Å². The maximum Gasteiger partial charge on any atom is 0.342 e. The van der Waals surface area contributed by atoms with Gasteiger partial charge in [0.25, 0.3) is 0 Å². The fourth-order valence-electron chi connectivity index (χ4n) is 2.86. The molecule has 0 saturated carbocycles. The van der Waals surface area contributed by atoms with Crippen LogP contribution < -0.4 is 5.73 Å². The van der Waals surface area contributed by atoms with Crippen LogP contribution in [0.15, 0.2) is 24.3 Å². The van der Waals surface area contributed by atoms with E-state index >= 15 is 0 Å². The molecule has 3 rings (SSSR count). The van der Waals surface area contributed by atoms with Crippen molar-refractivity contribution in [1.29, 1.82) is 0 Å². The fraction of sp³-hybridized carbons (Fsp3) is 0.353. The molecule has 2 aromatic rings. The highest BCUT2D eigenvalue weighted by Gasteiger charge is 2.27. The average Bonchev–Trinajstić information content (AvgIpc) is 2.65. The molecule has 1 aromatic carbocycles. The molecule has 110 valence electrons. The molecule has 1 aliphatic rings. The van der Waals surface area contributed by atoms with E-state index in [9.17, 15) is 4.79 Å². The first-order valence-corrected chi connectivity index (χ1v) is 8.10. The van der Waals surface area contributed by atoms with Crippen LogP contribution in [0, 0.1) is 0 Å². The summed E-state index contributed by atoms with van der Waals surface area (Å²) in [5.74, 6) is -0.309. The Balaban J connectivity index is 2.18. The number of ether oxygens (including phenoxy) is 1. The summed E-state index contributed by atoms with van der Waals surface area (Å²) in [6.07, 6.45) is 2.94. The molecule has 0 radical (unpaired) electrons. The van der Waals surface area contributed by atoms with Gasteiger partial charge in [0.05, 0.1) is 6.10 Å². The van der Waals surface area contributed by atoms with E-state index in [-0.39, 0.29) is 12.1 Å². The number of carbonyl (C=O) groups is 1. The number of carbonyl (C=O) groups excluding carboxylic acids is 1. The fourth-order valence-corrected chi connectivity index (χ4v) is 3.97. The number of nitrogen functional groups attached to an aromatic ring is 1. The predicted octanol–water partition coefficient (Wildman–Crippen LogP) is 4.05. The minimum atomic E-state index is -0.309. The van der Waals surface area contributed by atoms with Crippen molar-refractivity contribution in [2.75, 3.05) is 5.73 Å². The van der Waals surface area contributed by atoms with Crippen LogP contribution >= 0.6 is 11.3 Å². The number of fused-ring (bicyclic) bond motifs is 3. The molecule has 3 nitrogen and oxygen atoms in total. The molecule has 0 amide bonds. The quantitative estimate of drug-likeness (QED) is 0.851. The van der Waals surface area contributed by atoms with Gasteiger partial charge in [-0.3, -0.25) is 0 Å². The highest BCUT2D eigenvalue weighted by Crippen LogP contribution is 2.43. The molecule has 2 N–H and O–H groups in total. The zero-order valence-corrected chi connectivity index (χ0v) is 13.1. The summed E-state index contributed by atoms with van der Waals surface area (Å²) < 4.78 is 5.39. The summed E-state index contributed by atoms with van der Waals surface area (Å²) in [4.78, 5) is 13.6. The predicted molar refractivity (Wildman–Crippen MR) is 86.7 cm³/mol. The van der Waals surface area contributed by atoms with Gasteiger partial charge in [-0.05, 0) is 44.2 Å². The third-order valence-electron chi connectivity index (χ3n) is 3.69. The van der Waals surface area contributed by atoms with Crippen LogP contribution in [0.4, 0.5) is 5.00 Å². The molecule has 4 heteroatoms. The van der Waals surface area contributed by atoms with Crippen LogP contribution in [0.2, 0.25) is 0 Å². The van der Waals surface area contributed by atoms with E-state index in [1.165, 1.54) is 21.8 Å². The van der Waals surface area contributed by atoms with E-state index in [1.807, 2.05) is 26.0 Å². The second-order valence-corrected chi connectivity index (χ2v) is 6.74. The summed E-state index contributed by atoms with van der Waals surface area (Å²) in [7, 11) is 0. The van der Waals surface area contributed by atoms with Gasteiger partial charge in [-0.25, -0.2) is 4.79 Å². The first kappa shape index (κ1) is 14.1. The third kappa shape index (κ3) is 2.56. The number of benzene rings is 1. The number of anilines is 1. The Labute approximate surface area is 128 Å². The SMILES string of the molecule is CC(C)OC(=O)c1c(N)sc2c1-c1ccccc1CCC2. The van der Waals surface area contributed by atoms with Crippen molar-refractivity contribution in [2.24, 2.45) is 0 Å². The molecule has 0 fully saturated rings. The number of rotatable bonds is 2. The Morgan fingerprint density at radius 1 is 1.29 bits per heavy atom. The van der Waals surface area contributed by atoms with Gasteiger partial charge in [0, 0.05) is 10.4 Å². The normalized spacial score (nSPS) is 13.5. The van der Waals surface area contributed by atoms with Gasteiger partial charge in [-0.1, -0.05) is 24.3 Å². The second-order valence-electron chi connectivity index (χ2n) is 5.60. The van der Waals surface area contributed by atoms with E-state index in [1.54, 1.807) is 0 Å². The summed E-state index contributed by atoms with van der Waals surface area (Å²) in [5.41, 5.74) is 10.1. The smallest absolute Gasteiger partial charge is 0.342 e. The molecule has 0 bridgehead atoms. The highest BCUT2D eigenvalue weighted by atomic mass is 32.1. The molecule has 1 heterocycles. The van der Waals surface area contributed by atoms with Crippen LogP contribution in [0.1, 0.15) is 41.1 Å². The first-order chi connectivity index (χ1) is 10.1. The van der Waals surface area contributed by atoms with E-state index in [0.29, 0.717) is 10.6 Å². The summed E-state index contributed by atoms with van der Waals surface area (Å²) in [6, 6.07) is 8.28. The first-order valence-electron chi connectivity index (χ1n) is 7.28.